The fourth-order valence-corrected chi connectivity index (χ4v) is 2.49. The fourth-order valence-electron chi connectivity index (χ4n) is 2.49. The molecular weight excluding hydrogens is 310 g/mol. The first-order valence-electron chi connectivity index (χ1n) is 8.13. The Morgan fingerprint density at radius 3 is 2.75 bits per heavy atom. The average molecular weight is 335 g/mol. The number of ether oxygens (including phenoxy) is 1. The van der Waals surface area contributed by atoms with Crippen molar-refractivity contribution in [3.8, 4) is 5.75 Å². The third-order valence-electron chi connectivity index (χ3n) is 3.82. The number of benzene rings is 1. The van der Waals surface area contributed by atoms with Gasteiger partial charge in [0.25, 0.3) is 0 Å². The van der Waals surface area contributed by atoms with Crippen molar-refractivity contribution in [1.82, 2.24) is 5.32 Å². The highest BCUT2D eigenvalue weighted by molar-refractivity contribution is 5.82. The van der Waals surface area contributed by atoms with Crippen molar-refractivity contribution in [1.29, 1.82) is 0 Å². The molecule has 0 spiro atoms. The molecule has 0 radical (unpaired) electrons. The summed E-state index contributed by atoms with van der Waals surface area (Å²) in [6, 6.07) is 5.55. The molecule has 0 aliphatic carbocycles. The van der Waals surface area contributed by atoms with E-state index < -0.39 is 11.7 Å². The Morgan fingerprint density at radius 2 is 2.08 bits per heavy atom. The molecule has 2 aromatic rings. The molecule has 3 N–H and O–H groups in total. The highest BCUT2D eigenvalue weighted by atomic mass is 16.5. The van der Waals surface area contributed by atoms with Gasteiger partial charge in [0, 0.05) is 42.6 Å². The van der Waals surface area contributed by atoms with Crippen molar-refractivity contribution >= 4 is 11.0 Å². The normalized spacial score (nSPS) is 12.8. The first kappa shape index (κ1) is 18.4. The molecule has 0 amide bonds. The number of hydrogen-bond acceptors (Lipinski definition) is 6. The van der Waals surface area contributed by atoms with Crippen LogP contribution in [0.25, 0.3) is 11.0 Å². The van der Waals surface area contributed by atoms with Crippen molar-refractivity contribution in [2.24, 2.45) is 0 Å². The van der Waals surface area contributed by atoms with Crippen LogP contribution in [0.4, 0.5) is 0 Å². The van der Waals surface area contributed by atoms with E-state index in [-0.39, 0.29) is 19.6 Å². The smallest absolute Gasteiger partial charge is 0.339 e. The predicted molar refractivity (Wildman–Crippen MR) is 92.7 cm³/mol. The van der Waals surface area contributed by atoms with E-state index in [9.17, 15) is 9.90 Å². The van der Waals surface area contributed by atoms with Gasteiger partial charge in [0.05, 0.1) is 0 Å². The van der Waals surface area contributed by atoms with E-state index in [4.69, 9.17) is 14.3 Å². The highest BCUT2D eigenvalue weighted by Crippen LogP contribution is 2.24. The summed E-state index contributed by atoms with van der Waals surface area (Å²) in [7, 11) is 0. The maximum Gasteiger partial charge on any atom is 0.339 e. The molecule has 1 atom stereocenters. The van der Waals surface area contributed by atoms with Gasteiger partial charge in [0.1, 0.15) is 24.0 Å². The van der Waals surface area contributed by atoms with E-state index in [1.807, 2.05) is 26.8 Å². The predicted octanol–water partition coefficient (Wildman–Crippen LogP) is 1.37. The van der Waals surface area contributed by atoms with Gasteiger partial charge in [0.15, 0.2) is 0 Å². The minimum atomic E-state index is -0.622. The van der Waals surface area contributed by atoms with Crippen LogP contribution < -0.4 is 15.7 Å². The van der Waals surface area contributed by atoms with Crippen LogP contribution in [0.5, 0.6) is 5.75 Å². The van der Waals surface area contributed by atoms with Crippen LogP contribution in [0.2, 0.25) is 0 Å². The number of rotatable bonds is 8. The van der Waals surface area contributed by atoms with Crippen molar-refractivity contribution in [3.05, 3.63) is 39.7 Å². The van der Waals surface area contributed by atoms with E-state index in [0.29, 0.717) is 29.5 Å². The van der Waals surface area contributed by atoms with Gasteiger partial charge in [-0.2, -0.15) is 0 Å². The molecular formula is C18H25NO5. The molecule has 0 aliphatic rings. The molecule has 0 saturated heterocycles. The van der Waals surface area contributed by atoms with E-state index in [1.54, 1.807) is 12.1 Å². The Kier molecular flexibility index (Phi) is 6.36. The zero-order valence-corrected chi connectivity index (χ0v) is 14.3. The Labute approximate surface area is 141 Å². The molecule has 2 rings (SSSR count). The van der Waals surface area contributed by atoms with Gasteiger partial charge in [-0.15, -0.1) is 0 Å². The maximum atomic E-state index is 12.0. The summed E-state index contributed by atoms with van der Waals surface area (Å²) < 4.78 is 10.9. The van der Waals surface area contributed by atoms with Gasteiger partial charge in [-0.3, -0.25) is 0 Å². The zero-order valence-electron chi connectivity index (χ0n) is 14.3. The van der Waals surface area contributed by atoms with Gasteiger partial charge in [0.2, 0.25) is 0 Å². The first-order chi connectivity index (χ1) is 11.4. The molecule has 132 valence electrons. The summed E-state index contributed by atoms with van der Waals surface area (Å²) >= 11 is 0. The van der Waals surface area contributed by atoms with Crippen molar-refractivity contribution in [3.63, 3.8) is 0 Å². The van der Waals surface area contributed by atoms with Crippen LogP contribution in [-0.2, 0) is 6.42 Å². The average Bonchev–Trinajstić information content (AvgIpc) is 2.54. The largest absolute Gasteiger partial charge is 0.491 e. The van der Waals surface area contributed by atoms with Gasteiger partial charge < -0.3 is 24.7 Å². The van der Waals surface area contributed by atoms with Gasteiger partial charge in [-0.1, -0.05) is 13.8 Å². The topological polar surface area (TPSA) is 91.9 Å². The molecule has 6 nitrogen and oxygen atoms in total. The van der Waals surface area contributed by atoms with Crippen molar-refractivity contribution < 1.29 is 19.4 Å². The number of fused-ring (bicyclic) bond motifs is 1. The van der Waals surface area contributed by atoms with Gasteiger partial charge >= 0.3 is 5.63 Å². The van der Waals surface area contributed by atoms with E-state index >= 15 is 0 Å². The number of aryl methyl sites for hydroxylation is 1. The maximum absolute atomic E-state index is 12.0. The van der Waals surface area contributed by atoms with Gasteiger partial charge in [-0.05, 0) is 24.6 Å². The van der Waals surface area contributed by atoms with E-state index in [0.717, 1.165) is 10.9 Å². The molecule has 24 heavy (non-hydrogen) atoms. The van der Waals surface area contributed by atoms with E-state index in [1.165, 1.54) is 0 Å². The molecule has 0 aliphatic heterocycles. The first-order valence-corrected chi connectivity index (χ1v) is 8.13. The Balaban J connectivity index is 2.14. The lowest BCUT2D eigenvalue weighted by molar-refractivity contribution is 0.104. The summed E-state index contributed by atoms with van der Waals surface area (Å²) in [5, 5.41) is 22.9. The van der Waals surface area contributed by atoms with Crippen LogP contribution in [-0.4, -0.2) is 42.1 Å². The van der Waals surface area contributed by atoms with Crippen LogP contribution in [0, 0.1) is 6.92 Å². The minimum absolute atomic E-state index is 0.0966. The van der Waals surface area contributed by atoms with Crippen LogP contribution >= 0.6 is 0 Å². The van der Waals surface area contributed by atoms with Crippen LogP contribution in [0.1, 0.15) is 25.0 Å². The highest BCUT2D eigenvalue weighted by Gasteiger charge is 2.12. The SMILES string of the molecule is Cc1c(CCO)c(=O)oc2cc(OCC(O)CNC(C)C)ccc12. The lowest BCUT2D eigenvalue weighted by atomic mass is 10.0. The molecule has 1 aromatic carbocycles. The second-order valence-electron chi connectivity index (χ2n) is 6.15. The Bertz CT molecular complexity index is 738. The second-order valence-corrected chi connectivity index (χ2v) is 6.15. The summed E-state index contributed by atoms with van der Waals surface area (Å²) in [5.41, 5.74) is 1.30. The third-order valence-corrected chi connectivity index (χ3v) is 3.82. The zero-order chi connectivity index (χ0) is 17.7. The summed E-state index contributed by atoms with van der Waals surface area (Å²) in [4.78, 5) is 12.0. The summed E-state index contributed by atoms with van der Waals surface area (Å²) in [6.45, 7) is 6.35. The molecule has 0 bridgehead atoms. The van der Waals surface area contributed by atoms with E-state index in [2.05, 4.69) is 5.32 Å². The second kappa shape index (κ2) is 8.28. The quantitative estimate of drug-likeness (QED) is 0.631. The molecule has 0 saturated carbocycles. The number of aliphatic hydroxyl groups is 2. The Hall–Kier alpha value is -1.89. The summed E-state index contributed by atoms with van der Waals surface area (Å²) in [6.07, 6.45) is -0.346. The van der Waals surface area contributed by atoms with Crippen LogP contribution in [0.3, 0.4) is 0 Å². The fraction of sp³-hybridized carbons (Fsp3) is 0.500. The number of aliphatic hydroxyl groups excluding tert-OH is 2. The molecule has 1 heterocycles. The standard InChI is InChI=1S/C18H25NO5/c1-11(2)19-9-13(21)10-23-14-4-5-15-12(3)16(6-7-20)18(22)24-17(15)8-14/h4-5,8,11,13,19-21H,6-7,9-10H2,1-3H3. The molecule has 1 unspecified atom stereocenters. The molecule has 0 fully saturated rings. The third kappa shape index (κ3) is 4.56. The lowest BCUT2D eigenvalue weighted by Gasteiger charge is -2.15. The number of nitrogens with one attached hydrogen (secondary N) is 1. The monoisotopic (exact) mass is 335 g/mol. The van der Waals surface area contributed by atoms with Gasteiger partial charge in [-0.25, -0.2) is 4.79 Å². The Morgan fingerprint density at radius 1 is 1.33 bits per heavy atom. The molecule has 1 aromatic heterocycles. The lowest BCUT2D eigenvalue weighted by Crippen LogP contribution is -2.35. The van der Waals surface area contributed by atoms with Crippen molar-refractivity contribution in [2.75, 3.05) is 19.8 Å². The van der Waals surface area contributed by atoms with Crippen molar-refractivity contribution in [2.45, 2.75) is 39.3 Å². The summed E-state index contributed by atoms with van der Waals surface area (Å²) in [5.74, 6) is 0.531. The minimum Gasteiger partial charge on any atom is -0.491 e. The molecule has 6 heteroatoms. The number of hydrogen-bond donors (Lipinski definition) is 3. The van der Waals surface area contributed by atoms with Crippen LogP contribution in [0.15, 0.2) is 27.4 Å².